The zero-order chi connectivity index (χ0) is 21.3. The fourth-order valence-corrected chi connectivity index (χ4v) is 3.32. The summed E-state index contributed by atoms with van der Waals surface area (Å²) in [5, 5.41) is 8.92. The van der Waals surface area contributed by atoms with Crippen molar-refractivity contribution in [2.75, 3.05) is 27.4 Å². The van der Waals surface area contributed by atoms with E-state index in [9.17, 15) is 9.59 Å². The second-order valence-electron chi connectivity index (χ2n) is 7.15. The van der Waals surface area contributed by atoms with Gasteiger partial charge in [0.25, 0.3) is 0 Å². The molecule has 2 atom stereocenters. The van der Waals surface area contributed by atoms with Crippen molar-refractivity contribution in [2.24, 2.45) is 5.92 Å². The molecule has 0 aliphatic rings. The number of unbranched alkanes of at least 4 members (excludes halogenated alkanes) is 5. The van der Waals surface area contributed by atoms with Gasteiger partial charge in [-0.1, -0.05) is 56.0 Å². The van der Waals surface area contributed by atoms with Crippen LogP contribution in [0.4, 0.5) is 0 Å². The number of benzene rings is 1. The first-order valence-corrected chi connectivity index (χ1v) is 10.6. The molecule has 0 fully saturated rings. The highest BCUT2D eigenvalue weighted by Crippen LogP contribution is 2.31. The van der Waals surface area contributed by atoms with E-state index in [0.717, 1.165) is 50.5 Å². The number of aliphatic hydroxyl groups excluding tert-OH is 1. The summed E-state index contributed by atoms with van der Waals surface area (Å²) in [7, 11) is 2.81. The molecule has 0 saturated carbocycles. The fraction of sp³-hybridized carbons (Fsp3) is 0.652. The van der Waals surface area contributed by atoms with E-state index in [0.29, 0.717) is 19.4 Å². The lowest BCUT2D eigenvalue weighted by Gasteiger charge is -2.26. The second kappa shape index (κ2) is 15.9. The van der Waals surface area contributed by atoms with Crippen molar-refractivity contribution in [3.05, 3.63) is 35.9 Å². The smallest absolute Gasteiger partial charge is 0.311 e. The maximum absolute atomic E-state index is 12.5. The van der Waals surface area contributed by atoms with Crippen LogP contribution in [0.3, 0.4) is 0 Å². The average molecular weight is 409 g/mol. The van der Waals surface area contributed by atoms with Gasteiger partial charge in [-0.25, -0.2) is 0 Å². The van der Waals surface area contributed by atoms with Gasteiger partial charge in [0.2, 0.25) is 0 Å². The van der Waals surface area contributed by atoms with E-state index in [2.05, 4.69) is 4.74 Å². The summed E-state index contributed by atoms with van der Waals surface area (Å²) in [5.74, 6) is -0.821. The van der Waals surface area contributed by atoms with Crippen LogP contribution < -0.4 is 0 Å². The molecule has 0 aromatic heterocycles. The highest BCUT2D eigenvalue weighted by molar-refractivity contribution is 5.73. The van der Waals surface area contributed by atoms with Gasteiger partial charge in [0, 0.05) is 19.6 Å². The third-order valence-corrected chi connectivity index (χ3v) is 4.97. The van der Waals surface area contributed by atoms with Crippen LogP contribution in [-0.2, 0) is 23.8 Å². The first-order chi connectivity index (χ1) is 14.1. The number of esters is 2. The molecule has 0 saturated heterocycles. The Hall–Kier alpha value is -1.92. The molecular weight excluding hydrogens is 372 g/mol. The first kappa shape index (κ1) is 25.1. The highest BCUT2D eigenvalue weighted by Gasteiger charge is 2.30. The number of rotatable bonds is 16. The zero-order valence-corrected chi connectivity index (χ0v) is 17.8. The average Bonchev–Trinajstić information content (AvgIpc) is 2.76. The molecule has 0 amide bonds. The Bertz CT molecular complexity index is 560. The number of carbonyl (C=O) groups excluding carboxylic acids is 2. The maximum Gasteiger partial charge on any atom is 0.311 e. The van der Waals surface area contributed by atoms with Crippen LogP contribution in [0.5, 0.6) is 0 Å². The molecule has 29 heavy (non-hydrogen) atoms. The molecule has 1 rings (SSSR count). The highest BCUT2D eigenvalue weighted by atomic mass is 16.5. The van der Waals surface area contributed by atoms with Crippen LogP contribution in [-0.4, -0.2) is 44.5 Å². The van der Waals surface area contributed by atoms with E-state index in [4.69, 9.17) is 14.6 Å². The molecule has 0 heterocycles. The van der Waals surface area contributed by atoms with Gasteiger partial charge >= 0.3 is 11.9 Å². The Morgan fingerprint density at radius 1 is 0.897 bits per heavy atom. The predicted molar refractivity (Wildman–Crippen MR) is 111 cm³/mol. The van der Waals surface area contributed by atoms with Crippen molar-refractivity contribution in [1.29, 1.82) is 0 Å². The largest absolute Gasteiger partial charge is 0.469 e. The molecule has 0 spiro atoms. The second-order valence-corrected chi connectivity index (χ2v) is 7.15. The summed E-state index contributed by atoms with van der Waals surface area (Å²) in [5.41, 5.74) is 0.966. The van der Waals surface area contributed by atoms with Gasteiger partial charge in [-0.3, -0.25) is 9.59 Å². The molecule has 1 aromatic carbocycles. The first-order valence-electron chi connectivity index (χ1n) is 10.6. The standard InChI is InChI=1S/C23H36O6/c1-27-21(25)16-10-6-12-18-29-22(19-13-7-5-8-14-19)20(23(26)28-2)15-9-3-4-11-17-24/h5,7-8,13-14,20,22,24H,3-4,6,9-12,15-18H2,1-2H3. The molecule has 0 aliphatic carbocycles. The van der Waals surface area contributed by atoms with E-state index in [1.807, 2.05) is 30.3 Å². The summed E-state index contributed by atoms with van der Waals surface area (Å²) in [6, 6.07) is 9.78. The van der Waals surface area contributed by atoms with Crippen molar-refractivity contribution in [3.63, 3.8) is 0 Å². The monoisotopic (exact) mass is 408 g/mol. The Morgan fingerprint density at radius 2 is 1.59 bits per heavy atom. The van der Waals surface area contributed by atoms with Gasteiger partial charge in [0.15, 0.2) is 0 Å². The normalized spacial score (nSPS) is 12.9. The molecule has 164 valence electrons. The number of methoxy groups -OCH3 is 2. The van der Waals surface area contributed by atoms with Gasteiger partial charge in [0.05, 0.1) is 26.2 Å². The van der Waals surface area contributed by atoms with E-state index in [1.165, 1.54) is 14.2 Å². The molecular formula is C23H36O6. The Kier molecular flexibility index (Phi) is 13.8. The fourth-order valence-electron chi connectivity index (χ4n) is 3.32. The lowest BCUT2D eigenvalue weighted by Crippen LogP contribution is -2.26. The van der Waals surface area contributed by atoms with E-state index >= 15 is 0 Å². The van der Waals surface area contributed by atoms with Gasteiger partial charge in [0.1, 0.15) is 0 Å². The minimum Gasteiger partial charge on any atom is -0.469 e. The van der Waals surface area contributed by atoms with Crippen LogP contribution in [0.2, 0.25) is 0 Å². The van der Waals surface area contributed by atoms with E-state index in [-0.39, 0.29) is 30.6 Å². The lowest BCUT2D eigenvalue weighted by molar-refractivity contribution is -0.152. The molecule has 6 heteroatoms. The van der Waals surface area contributed by atoms with Crippen molar-refractivity contribution < 1.29 is 28.9 Å². The third-order valence-electron chi connectivity index (χ3n) is 4.97. The predicted octanol–water partition coefficient (Wildman–Crippen LogP) is 4.21. The van der Waals surface area contributed by atoms with Crippen molar-refractivity contribution in [3.8, 4) is 0 Å². The molecule has 6 nitrogen and oxygen atoms in total. The maximum atomic E-state index is 12.5. The third kappa shape index (κ3) is 10.4. The number of aliphatic hydroxyl groups is 1. The summed E-state index contributed by atoms with van der Waals surface area (Å²) in [4.78, 5) is 23.7. The van der Waals surface area contributed by atoms with Crippen molar-refractivity contribution >= 4 is 11.9 Å². The molecule has 1 aromatic rings. The molecule has 0 radical (unpaired) electrons. The van der Waals surface area contributed by atoms with Gasteiger partial charge in [-0.15, -0.1) is 0 Å². The minimum atomic E-state index is -0.369. The minimum absolute atomic E-state index is 0.194. The zero-order valence-electron chi connectivity index (χ0n) is 17.8. The summed E-state index contributed by atoms with van der Waals surface area (Å²) in [6.45, 7) is 0.713. The summed E-state index contributed by atoms with van der Waals surface area (Å²) < 4.78 is 15.9. The van der Waals surface area contributed by atoms with Crippen LogP contribution in [0.1, 0.15) is 69.5 Å². The van der Waals surface area contributed by atoms with E-state index < -0.39 is 0 Å². The Labute approximate surface area is 174 Å². The topological polar surface area (TPSA) is 82.1 Å². The van der Waals surface area contributed by atoms with Crippen molar-refractivity contribution in [1.82, 2.24) is 0 Å². The van der Waals surface area contributed by atoms with Gasteiger partial charge < -0.3 is 19.3 Å². The molecule has 1 N–H and O–H groups in total. The van der Waals surface area contributed by atoms with Crippen LogP contribution in [0.15, 0.2) is 30.3 Å². The summed E-state index contributed by atoms with van der Waals surface area (Å²) >= 11 is 0. The van der Waals surface area contributed by atoms with Crippen LogP contribution >= 0.6 is 0 Å². The molecule has 2 unspecified atom stereocenters. The van der Waals surface area contributed by atoms with Gasteiger partial charge in [-0.2, -0.15) is 0 Å². The van der Waals surface area contributed by atoms with Crippen LogP contribution in [0.25, 0.3) is 0 Å². The number of ether oxygens (including phenoxy) is 3. The van der Waals surface area contributed by atoms with Gasteiger partial charge in [-0.05, 0) is 31.2 Å². The molecule has 0 aliphatic heterocycles. The molecule has 0 bridgehead atoms. The lowest BCUT2D eigenvalue weighted by atomic mass is 9.90. The SMILES string of the molecule is COC(=O)CCCCCOC(c1ccccc1)C(CCCCCCO)C(=O)OC. The van der Waals surface area contributed by atoms with E-state index in [1.54, 1.807) is 0 Å². The number of hydrogen-bond acceptors (Lipinski definition) is 6. The van der Waals surface area contributed by atoms with Crippen LogP contribution in [0, 0.1) is 5.92 Å². The van der Waals surface area contributed by atoms with Crippen molar-refractivity contribution in [2.45, 2.75) is 63.9 Å². The number of hydrogen-bond donors (Lipinski definition) is 1. The Morgan fingerprint density at radius 3 is 2.24 bits per heavy atom. The Balaban J connectivity index is 2.66. The summed E-state index contributed by atoms with van der Waals surface area (Å²) in [6.07, 6.45) is 6.74. The number of carbonyl (C=O) groups is 2. The quantitative estimate of drug-likeness (QED) is 0.326.